The van der Waals surface area contributed by atoms with E-state index >= 15 is 0 Å². The first-order valence-corrected chi connectivity index (χ1v) is 33.6. The smallest absolute Gasteiger partial charge is 0.393 e. The lowest BCUT2D eigenvalue weighted by Gasteiger charge is -2.63. The number of ether oxygens (including phenoxy) is 3. The summed E-state index contributed by atoms with van der Waals surface area (Å²) in [6, 6.07) is 0. The van der Waals surface area contributed by atoms with Crippen molar-refractivity contribution < 1.29 is 105 Å². The monoisotopic (exact) mass is 1260 g/mol. The summed E-state index contributed by atoms with van der Waals surface area (Å²) in [4.78, 5) is 90.8. The first kappa shape index (κ1) is 66.3. The second-order valence-electron chi connectivity index (χ2n) is 24.5. The molecule has 0 bridgehead atoms. The van der Waals surface area contributed by atoms with E-state index in [2.05, 4.69) is 55.2 Å². The molecule has 2 saturated heterocycles. The second kappa shape index (κ2) is 25.8. The van der Waals surface area contributed by atoms with E-state index in [1.807, 2.05) is 0 Å². The van der Waals surface area contributed by atoms with Crippen molar-refractivity contribution in [3.63, 3.8) is 0 Å². The van der Waals surface area contributed by atoms with Crippen molar-refractivity contribution in [2.75, 3.05) is 51.0 Å². The highest BCUT2D eigenvalue weighted by Crippen LogP contribution is 2.69. The average molecular weight is 1260 g/mol. The molecule has 4 heterocycles. The molecular weight excluding hydrogens is 1180 g/mol. The number of hydrogen-bond acceptors (Lipinski definition) is 23. The number of imidazole rings is 1. The van der Waals surface area contributed by atoms with Gasteiger partial charge in [0.25, 0.3) is 0 Å². The van der Waals surface area contributed by atoms with Gasteiger partial charge in [-0.15, -0.1) is 0 Å². The van der Waals surface area contributed by atoms with Crippen LogP contribution < -0.4 is 16.4 Å². The van der Waals surface area contributed by atoms with Crippen molar-refractivity contribution in [1.82, 2.24) is 30.2 Å². The van der Waals surface area contributed by atoms with Gasteiger partial charge in [-0.05, 0) is 105 Å². The third-order valence-corrected chi connectivity index (χ3v) is 23.2. The normalized spacial score (nSPS) is 35.1. The van der Waals surface area contributed by atoms with Crippen molar-refractivity contribution in [3.8, 4) is 0 Å². The molecule has 4 saturated carbocycles. The van der Waals surface area contributed by atoms with Gasteiger partial charge < -0.3 is 75.7 Å². The molecule has 8 rings (SSSR count). The molecule has 3 unspecified atom stereocenters. The minimum absolute atomic E-state index is 0.0210. The fraction of sp³-hybridized carbons (Fsp3) is 0.840. The number of nitrogens with two attached hydrogens (primary N) is 1. The highest BCUT2D eigenvalue weighted by molar-refractivity contribution is 8.13. The Morgan fingerprint density at radius 1 is 0.928 bits per heavy atom. The van der Waals surface area contributed by atoms with E-state index in [9.17, 15) is 73.2 Å². The van der Waals surface area contributed by atoms with Gasteiger partial charge in [0.2, 0.25) is 11.8 Å². The zero-order valence-corrected chi connectivity index (χ0v) is 50.8. The highest BCUT2D eigenvalue weighted by atomic mass is 32.2. The first-order chi connectivity index (χ1) is 38.7. The second-order valence-corrected chi connectivity index (χ2v) is 29.8. The maximum atomic E-state index is 13.7. The standard InChI is InChI=1S/C50H82N7O22P3S/c1-26(30-7-8-31-37-32(21-35(60)49(30,31)6)48(5)12-10-29(58)19-28(48)20-33(37)59)9-13-50(73-16-17-74-50)27(2)46(65)83-18-15-52-36(61)11-14-53-44(64)41(63)47(3,4)23-76-82(71,72)79-81(69,70)75-22-34-40(78-80(66,67)68)39(62)45(77-34)57-25-56-38-42(51)54-24-55-43(38)57/h24-35,37,39-41,45,58-60,62-63H,7-23H2,1-6H3,(H,52,61)(H,53,64)(H,69,70)(H,71,72)(H2,51,54,55)(H2,66,67,68)/t26-,27?,28+,29-,30-,31+,32+,33-,34-,35+,37+,39-,40-,41+,45-,48+,49-/m1/s1. The average Bonchev–Trinajstić information content (AvgIpc) is 2.03. The molecular formula is C50H82N7O22P3S. The molecule has 13 N–H and O–H groups in total. The van der Waals surface area contributed by atoms with Crippen molar-refractivity contribution in [1.29, 1.82) is 0 Å². The van der Waals surface area contributed by atoms with Crippen LogP contribution in [-0.4, -0.2) is 175 Å². The third kappa shape index (κ3) is 14.4. The van der Waals surface area contributed by atoms with Crippen molar-refractivity contribution in [2.45, 2.75) is 160 Å². The number of carbonyl (C=O) groups is 3. The van der Waals surface area contributed by atoms with E-state index in [0.717, 1.165) is 54.7 Å². The van der Waals surface area contributed by atoms with Gasteiger partial charge >= 0.3 is 23.5 Å². The Bertz CT molecular complexity index is 2790. The molecule has 6 fully saturated rings. The molecule has 83 heavy (non-hydrogen) atoms. The van der Waals surface area contributed by atoms with Crippen LogP contribution in [-0.2, 0) is 60.2 Å². The number of nitrogens with zero attached hydrogens (tertiary/aromatic N) is 4. The number of nitrogens with one attached hydrogen (secondary N) is 2. The fourth-order valence-electron chi connectivity index (χ4n) is 14.4. The molecule has 33 heteroatoms. The Morgan fingerprint density at radius 3 is 2.33 bits per heavy atom. The number of fused-ring (bicyclic) bond motifs is 6. The number of anilines is 1. The Labute approximate surface area is 484 Å². The number of carbonyl (C=O) groups excluding carboxylic acids is 3. The number of rotatable bonds is 25. The predicted octanol–water partition coefficient (Wildman–Crippen LogP) is 2.42. The zero-order chi connectivity index (χ0) is 60.8. The van der Waals surface area contributed by atoms with Crippen LogP contribution >= 0.6 is 35.2 Å². The largest absolute Gasteiger partial charge is 0.481 e. The van der Waals surface area contributed by atoms with Gasteiger partial charge in [0.15, 0.2) is 28.6 Å². The van der Waals surface area contributed by atoms with Crippen LogP contribution in [0.4, 0.5) is 5.82 Å². The van der Waals surface area contributed by atoms with Crippen LogP contribution in [0.25, 0.3) is 11.2 Å². The molecule has 2 aromatic heterocycles. The summed E-state index contributed by atoms with van der Waals surface area (Å²) in [5.41, 5.74) is 3.83. The highest BCUT2D eigenvalue weighted by Gasteiger charge is 2.66. The van der Waals surface area contributed by atoms with Crippen molar-refractivity contribution in [3.05, 3.63) is 12.7 Å². The Hall–Kier alpha value is -2.64. The molecule has 2 amide bonds. The van der Waals surface area contributed by atoms with E-state index in [0.29, 0.717) is 45.3 Å². The minimum atomic E-state index is -5.62. The summed E-state index contributed by atoms with van der Waals surface area (Å²) in [7, 11) is -16.5. The minimum Gasteiger partial charge on any atom is -0.393 e. The number of thioether (sulfide) groups is 1. The van der Waals surface area contributed by atoms with E-state index < -0.39 is 108 Å². The third-order valence-electron chi connectivity index (χ3n) is 19.0. The van der Waals surface area contributed by atoms with Gasteiger partial charge in [-0.3, -0.25) is 32.5 Å². The molecule has 0 radical (unpaired) electrons. The zero-order valence-electron chi connectivity index (χ0n) is 47.3. The van der Waals surface area contributed by atoms with Gasteiger partial charge in [0.1, 0.15) is 36.3 Å². The van der Waals surface area contributed by atoms with Crippen LogP contribution in [0.1, 0.15) is 112 Å². The van der Waals surface area contributed by atoms with Crippen LogP contribution in [0.3, 0.4) is 0 Å². The SMILES string of the molecule is CC(C(=O)SCCNC(=O)CCNC(=O)[C@H](O)C(C)(C)COP(=O)(O)OP(=O)(O)OC[C@H]1O[C@@H](n2cnc3c(N)ncnc32)[C@H](O)[C@@H]1OP(=O)(O)O)C1(CC[C@@H](C)[C@H]2CC[C@H]3[C@@H]4[C@H](O)C[C@@H]5C[C@H](O)CC[C@]5(C)[C@H]4C[C@H](O)[C@]23C)OCCO1. The molecule has 470 valence electrons. The number of aromatic nitrogens is 4. The summed E-state index contributed by atoms with van der Waals surface area (Å²) < 4.78 is 75.4. The number of nitrogen functional groups attached to an aromatic ring is 1. The quantitative estimate of drug-likeness (QED) is 0.0501. The van der Waals surface area contributed by atoms with Gasteiger partial charge in [-0.1, -0.05) is 46.4 Å². The van der Waals surface area contributed by atoms with E-state index in [-0.39, 0.29) is 99.8 Å². The summed E-state index contributed by atoms with van der Waals surface area (Å²) in [5, 5.41) is 61.0. The van der Waals surface area contributed by atoms with Crippen LogP contribution in [0.2, 0.25) is 0 Å². The van der Waals surface area contributed by atoms with E-state index in [1.54, 1.807) is 6.92 Å². The first-order valence-electron chi connectivity index (χ1n) is 28.1. The molecule has 2 aliphatic heterocycles. The number of aliphatic hydroxyl groups excluding tert-OH is 5. The summed E-state index contributed by atoms with van der Waals surface area (Å²) in [6.45, 7) is 9.48. The van der Waals surface area contributed by atoms with Crippen LogP contribution in [0, 0.1) is 57.7 Å². The number of phosphoric ester groups is 3. The Balaban J connectivity index is 0.735. The fourth-order valence-corrected chi connectivity index (χ4v) is 18.1. The molecule has 6 aliphatic rings. The molecule has 19 atom stereocenters. The summed E-state index contributed by atoms with van der Waals surface area (Å²) in [6.07, 6.45) is -1.72. The van der Waals surface area contributed by atoms with E-state index in [1.165, 1.54) is 13.8 Å². The molecule has 2 aromatic rings. The number of amides is 2. The van der Waals surface area contributed by atoms with Gasteiger partial charge in [0.05, 0.1) is 57.0 Å². The van der Waals surface area contributed by atoms with E-state index in [4.69, 9.17) is 29.0 Å². The molecule has 4 aliphatic carbocycles. The maximum Gasteiger partial charge on any atom is 0.481 e. The lowest BCUT2D eigenvalue weighted by molar-refractivity contribution is -0.209. The van der Waals surface area contributed by atoms with Gasteiger partial charge in [-0.2, -0.15) is 4.31 Å². The lowest BCUT2D eigenvalue weighted by Crippen LogP contribution is -2.62. The lowest BCUT2D eigenvalue weighted by atomic mass is 9.43. The summed E-state index contributed by atoms with van der Waals surface area (Å²) >= 11 is 1.03. The molecule has 29 nitrogen and oxygen atoms in total. The summed E-state index contributed by atoms with van der Waals surface area (Å²) in [5.74, 6) is -2.05. The van der Waals surface area contributed by atoms with Gasteiger partial charge in [-0.25, -0.2) is 28.6 Å². The predicted molar refractivity (Wildman–Crippen MR) is 293 cm³/mol. The Morgan fingerprint density at radius 2 is 1.63 bits per heavy atom. The van der Waals surface area contributed by atoms with Crippen LogP contribution in [0.5, 0.6) is 0 Å². The topological polar surface area (TPSA) is 443 Å². The van der Waals surface area contributed by atoms with Crippen molar-refractivity contribution in [2.24, 2.45) is 57.7 Å². The number of phosphoric acid groups is 3. The molecule has 0 aromatic carbocycles. The number of hydrogen-bond donors (Lipinski definition) is 12. The number of aliphatic hydroxyl groups is 5. The maximum absolute atomic E-state index is 13.7. The van der Waals surface area contributed by atoms with Crippen LogP contribution in [0.15, 0.2) is 12.7 Å². The molecule has 0 spiro atoms. The Kier molecular flexibility index (Phi) is 20.6. The van der Waals surface area contributed by atoms with Gasteiger partial charge in [0, 0.05) is 37.1 Å². The van der Waals surface area contributed by atoms with Crippen molar-refractivity contribution >= 4 is 69.1 Å².